The molecule has 0 aromatic heterocycles. The van der Waals surface area contributed by atoms with E-state index in [9.17, 15) is 19.2 Å². The van der Waals surface area contributed by atoms with E-state index in [-0.39, 0.29) is 25.0 Å². The highest BCUT2D eigenvalue weighted by atomic mass is 16.5. The van der Waals surface area contributed by atoms with Crippen LogP contribution < -0.4 is 15.8 Å². The number of carbonyl (C=O) groups is 4. The number of benzene rings is 2. The van der Waals surface area contributed by atoms with Crippen LogP contribution in [-0.2, 0) is 14.3 Å². The second-order valence-corrected chi connectivity index (χ2v) is 7.07. The summed E-state index contributed by atoms with van der Waals surface area (Å²) in [6.07, 6.45) is 0.165. The van der Waals surface area contributed by atoms with Crippen LogP contribution in [0.15, 0.2) is 30.3 Å². The van der Waals surface area contributed by atoms with Crippen LogP contribution in [0, 0.1) is 0 Å². The smallest absolute Gasteiger partial charge is 0.262 e. The summed E-state index contributed by atoms with van der Waals surface area (Å²) < 4.78 is 11.0. The zero-order chi connectivity index (χ0) is 21.3. The molecule has 2 aliphatic rings. The van der Waals surface area contributed by atoms with Crippen LogP contribution in [0.5, 0.6) is 5.75 Å². The predicted molar refractivity (Wildman–Crippen MR) is 106 cm³/mol. The predicted octanol–water partition coefficient (Wildman–Crippen LogP) is 0.595. The molecule has 30 heavy (non-hydrogen) atoms. The average Bonchev–Trinajstić information content (AvgIpc) is 2.73. The summed E-state index contributed by atoms with van der Waals surface area (Å²) in [5, 5.41) is 3.42. The van der Waals surface area contributed by atoms with Gasteiger partial charge in [0.1, 0.15) is 18.4 Å². The van der Waals surface area contributed by atoms with Gasteiger partial charge in [0, 0.05) is 23.9 Å². The number of nitrogens with zero attached hydrogens (tertiary/aromatic N) is 1. The van der Waals surface area contributed by atoms with Gasteiger partial charge in [0.2, 0.25) is 11.8 Å². The molecular weight excluding hydrogens is 390 g/mol. The van der Waals surface area contributed by atoms with Crippen molar-refractivity contribution in [1.82, 2.24) is 10.2 Å². The standard InChI is InChI=1S/C21H21N3O6/c22-6-7-29-8-9-30-13-10-12-2-1-3-14-18(12)15(11-13)21(28)24(20(14)27)16-4-5-17(25)23-19(16)26/h1-3,10-11,16H,4-9,22H2,(H,23,25,26). The van der Waals surface area contributed by atoms with Crippen molar-refractivity contribution in [3.63, 3.8) is 0 Å². The van der Waals surface area contributed by atoms with Crippen molar-refractivity contribution >= 4 is 34.4 Å². The zero-order valence-corrected chi connectivity index (χ0v) is 16.2. The zero-order valence-electron chi connectivity index (χ0n) is 16.2. The first-order valence-electron chi connectivity index (χ1n) is 9.70. The van der Waals surface area contributed by atoms with E-state index in [0.717, 1.165) is 4.90 Å². The third-order valence-electron chi connectivity index (χ3n) is 5.13. The monoisotopic (exact) mass is 411 g/mol. The minimum absolute atomic E-state index is 0.0659. The number of imide groups is 2. The third kappa shape index (κ3) is 3.53. The number of ether oxygens (including phenoxy) is 2. The Morgan fingerprint density at radius 2 is 1.83 bits per heavy atom. The number of nitrogens with two attached hydrogens (primary N) is 1. The van der Waals surface area contributed by atoms with Gasteiger partial charge in [0.05, 0.1) is 18.8 Å². The van der Waals surface area contributed by atoms with Crippen molar-refractivity contribution in [2.75, 3.05) is 26.4 Å². The van der Waals surface area contributed by atoms with E-state index in [2.05, 4.69) is 5.32 Å². The van der Waals surface area contributed by atoms with Crippen LogP contribution in [-0.4, -0.2) is 60.9 Å². The SMILES string of the molecule is NCCOCCOc1cc2c3c(cccc3c1)C(=O)N(C1CCC(=O)NC1=O)C2=O. The lowest BCUT2D eigenvalue weighted by atomic mass is 9.91. The summed E-state index contributed by atoms with van der Waals surface area (Å²) >= 11 is 0. The van der Waals surface area contributed by atoms with Crippen LogP contribution in [0.2, 0.25) is 0 Å². The summed E-state index contributed by atoms with van der Waals surface area (Å²) in [6, 6.07) is 7.44. The third-order valence-corrected chi connectivity index (χ3v) is 5.13. The first-order valence-corrected chi connectivity index (χ1v) is 9.70. The number of nitrogens with one attached hydrogen (secondary N) is 1. The maximum atomic E-state index is 13.3. The Hall–Kier alpha value is -3.30. The maximum absolute atomic E-state index is 13.3. The first kappa shape index (κ1) is 20.0. The van der Waals surface area contributed by atoms with Gasteiger partial charge >= 0.3 is 0 Å². The molecule has 4 rings (SSSR count). The molecule has 0 spiro atoms. The Balaban J connectivity index is 1.68. The second kappa shape index (κ2) is 8.21. The van der Waals surface area contributed by atoms with E-state index < -0.39 is 29.7 Å². The molecule has 0 bridgehead atoms. The van der Waals surface area contributed by atoms with Crippen LogP contribution >= 0.6 is 0 Å². The van der Waals surface area contributed by atoms with Gasteiger partial charge in [0.25, 0.3) is 11.8 Å². The molecule has 1 atom stereocenters. The highest BCUT2D eigenvalue weighted by Crippen LogP contribution is 2.35. The fraction of sp³-hybridized carbons (Fsp3) is 0.333. The Morgan fingerprint density at radius 3 is 2.60 bits per heavy atom. The van der Waals surface area contributed by atoms with Gasteiger partial charge in [-0.3, -0.25) is 29.4 Å². The highest BCUT2D eigenvalue weighted by Gasteiger charge is 2.42. The van der Waals surface area contributed by atoms with Gasteiger partial charge < -0.3 is 15.2 Å². The normalized spacial score (nSPS) is 18.7. The van der Waals surface area contributed by atoms with Crippen molar-refractivity contribution in [2.45, 2.75) is 18.9 Å². The van der Waals surface area contributed by atoms with Crippen LogP contribution in [0.1, 0.15) is 33.6 Å². The average molecular weight is 411 g/mol. The lowest BCUT2D eigenvalue weighted by molar-refractivity contribution is -0.136. The van der Waals surface area contributed by atoms with Gasteiger partial charge in [-0.15, -0.1) is 0 Å². The van der Waals surface area contributed by atoms with E-state index in [4.69, 9.17) is 15.2 Å². The molecule has 1 fully saturated rings. The molecule has 156 valence electrons. The quantitative estimate of drug-likeness (QED) is 0.504. The topological polar surface area (TPSA) is 128 Å². The molecule has 1 unspecified atom stereocenters. The molecule has 9 nitrogen and oxygen atoms in total. The van der Waals surface area contributed by atoms with Crippen LogP contribution in [0.4, 0.5) is 0 Å². The van der Waals surface area contributed by atoms with Crippen LogP contribution in [0.25, 0.3) is 10.8 Å². The van der Waals surface area contributed by atoms with Gasteiger partial charge in [-0.2, -0.15) is 0 Å². The van der Waals surface area contributed by atoms with Crippen molar-refractivity contribution in [3.8, 4) is 5.75 Å². The molecule has 1 saturated heterocycles. The fourth-order valence-corrected chi connectivity index (χ4v) is 3.80. The Morgan fingerprint density at radius 1 is 1.03 bits per heavy atom. The second-order valence-electron chi connectivity index (χ2n) is 7.07. The van der Waals surface area contributed by atoms with Crippen molar-refractivity contribution in [1.29, 1.82) is 0 Å². The van der Waals surface area contributed by atoms with E-state index in [1.165, 1.54) is 0 Å². The van der Waals surface area contributed by atoms with E-state index in [1.807, 2.05) is 0 Å². The summed E-state index contributed by atoms with van der Waals surface area (Å²) in [5.74, 6) is -1.73. The molecule has 0 aliphatic carbocycles. The number of hydrogen-bond acceptors (Lipinski definition) is 7. The molecule has 4 amide bonds. The lowest BCUT2D eigenvalue weighted by Gasteiger charge is -2.34. The molecule has 0 saturated carbocycles. The minimum atomic E-state index is -1.03. The Bertz CT molecular complexity index is 1050. The molecule has 2 aliphatic heterocycles. The molecule has 2 heterocycles. The first-order chi connectivity index (χ1) is 14.5. The number of piperidine rings is 1. The molecule has 9 heteroatoms. The van der Waals surface area contributed by atoms with Crippen molar-refractivity contribution < 1.29 is 28.7 Å². The summed E-state index contributed by atoms with van der Waals surface area (Å²) in [6.45, 7) is 1.47. The molecule has 0 radical (unpaired) electrons. The summed E-state index contributed by atoms with van der Waals surface area (Å²) in [5.41, 5.74) is 6.00. The molecular formula is C21H21N3O6. The van der Waals surface area contributed by atoms with E-state index in [1.54, 1.807) is 30.3 Å². The van der Waals surface area contributed by atoms with Crippen molar-refractivity contribution in [3.05, 3.63) is 41.5 Å². The number of rotatable bonds is 7. The minimum Gasteiger partial charge on any atom is -0.491 e. The van der Waals surface area contributed by atoms with Gasteiger partial charge in [0.15, 0.2) is 0 Å². The fourth-order valence-electron chi connectivity index (χ4n) is 3.80. The highest BCUT2D eigenvalue weighted by molar-refractivity contribution is 6.27. The van der Waals surface area contributed by atoms with Crippen LogP contribution in [0.3, 0.4) is 0 Å². The van der Waals surface area contributed by atoms with Gasteiger partial charge in [-0.05, 0) is 30.0 Å². The lowest BCUT2D eigenvalue weighted by Crippen LogP contribution is -2.57. The molecule has 3 N–H and O–H groups in total. The van der Waals surface area contributed by atoms with Gasteiger partial charge in [-0.25, -0.2) is 0 Å². The Kier molecular flexibility index (Phi) is 5.47. The number of hydrogen-bond donors (Lipinski definition) is 2. The van der Waals surface area contributed by atoms with E-state index in [0.29, 0.717) is 41.8 Å². The molecule has 2 aromatic rings. The number of carbonyl (C=O) groups excluding carboxylic acids is 4. The maximum Gasteiger partial charge on any atom is 0.262 e. The number of amides is 4. The van der Waals surface area contributed by atoms with Gasteiger partial charge in [-0.1, -0.05) is 12.1 Å². The Labute approximate surface area is 172 Å². The summed E-state index contributed by atoms with van der Waals surface area (Å²) in [7, 11) is 0. The van der Waals surface area contributed by atoms with Crippen molar-refractivity contribution in [2.24, 2.45) is 5.73 Å². The summed E-state index contributed by atoms with van der Waals surface area (Å²) in [4.78, 5) is 51.1. The largest absolute Gasteiger partial charge is 0.491 e. The van der Waals surface area contributed by atoms with E-state index >= 15 is 0 Å². The molecule has 2 aromatic carbocycles.